The number of carbonyl (C=O) groups excluding carboxylic acids is 1. The highest BCUT2D eigenvalue weighted by Gasteiger charge is 2.18. The summed E-state index contributed by atoms with van der Waals surface area (Å²) in [6, 6.07) is 15.4. The Bertz CT molecular complexity index is 619. The van der Waals surface area contributed by atoms with Crippen LogP contribution in [0, 0.1) is 3.57 Å². The molecule has 0 aliphatic heterocycles. The largest absolute Gasteiger partial charge is 0.395 e. The smallest absolute Gasteiger partial charge is 0.255 e. The third kappa shape index (κ3) is 4.52. The van der Waals surface area contributed by atoms with Gasteiger partial charge in [-0.05, 0) is 62.3 Å². The highest BCUT2D eigenvalue weighted by Crippen LogP contribution is 2.22. The Balaban J connectivity index is 2.25. The molecule has 0 heterocycles. The Hall–Kier alpha value is -0.920. The number of benzene rings is 2. The molecule has 0 aliphatic rings. The molecule has 2 aromatic carbocycles. The molecule has 0 radical (unpaired) electrons. The highest BCUT2D eigenvalue weighted by molar-refractivity contribution is 14.1. The molecule has 5 heteroatoms. The number of amides is 1. The molecule has 0 unspecified atom stereocenters. The molecule has 21 heavy (non-hydrogen) atoms. The van der Waals surface area contributed by atoms with Gasteiger partial charge in [-0.3, -0.25) is 4.79 Å². The first-order chi connectivity index (χ1) is 10.1. The van der Waals surface area contributed by atoms with Crippen molar-refractivity contribution in [2.24, 2.45) is 0 Å². The number of rotatable bonds is 5. The molecule has 3 nitrogen and oxygen atoms in total. The van der Waals surface area contributed by atoms with E-state index in [9.17, 15) is 9.90 Å². The molecule has 0 atom stereocenters. The summed E-state index contributed by atoms with van der Waals surface area (Å²) in [5.74, 6) is -0.0849. The van der Waals surface area contributed by atoms with Gasteiger partial charge in [-0.2, -0.15) is 0 Å². The molecule has 0 aliphatic carbocycles. The number of hydrogen-bond acceptors (Lipinski definition) is 2. The van der Waals surface area contributed by atoms with Crippen LogP contribution in [0.5, 0.6) is 0 Å². The summed E-state index contributed by atoms with van der Waals surface area (Å²) >= 11 is 5.61. The van der Waals surface area contributed by atoms with Crippen molar-refractivity contribution in [2.75, 3.05) is 13.2 Å². The van der Waals surface area contributed by atoms with Crippen molar-refractivity contribution < 1.29 is 9.90 Å². The minimum absolute atomic E-state index is 0.0554. The van der Waals surface area contributed by atoms with Gasteiger partial charge < -0.3 is 10.0 Å². The fourth-order valence-electron chi connectivity index (χ4n) is 2.01. The van der Waals surface area contributed by atoms with Gasteiger partial charge in [0.1, 0.15) is 0 Å². The Morgan fingerprint density at radius 3 is 2.57 bits per heavy atom. The number of halogens is 2. The quantitative estimate of drug-likeness (QED) is 0.693. The maximum atomic E-state index is 12.7. The van der Waals surface area contributed by atoms with Crippen LogP contribution in [0.15, 0.2) is 53.0 Å². The van der Waals surface area contributed by atoms with Gasteiger partial charge in [0.2, 0.25) is 0 Å². The standard InChI is InChI=1S/C16H15BrINO2/c17-15-7-6-13(18)10-14(15)16(21)19(8-9-20)11-12-4-2-1-3-5-12/h1-7,10,20H,8-9,11H2. The van der Waals surface area contributed by atoms with Gasteiger partial charge >= 0.3 is 0 Å². The summed E-state index contributed by atoms with van der Waals surface area (Å²) in [5, 5.41) is 9.23. The van der Waals surface area contributed by atoms with Gasteiger partial charge in [-0.25, -0.2) is 0 Å². The van der Waals surface area contributed by atoms with Crippen LogP contribution in [0.3, 0.4) is 0 Å². The predicted molar refractivity (Wildman–Crippen MR) is 95.1 cm³/mol. The molecular formula is C16H15BrINO2. The van der Waals surface area contributed by atoms with Crippen molar-refractivity contribution >= 4 is 44.4 Å². The monoisotopic (exact) mass is 459 g/mol. The summed E-state index contributed by atoms with van der Waals surface area (Å²) < 4.78 is 1.77. The maximum absolute atomic E-state index is 12.7. The number of nitrogens with zero attached hydrogens (tertiary/aromatic N) is 1. The van der Waals surface area contributed by atoms with Crippen LogP contribution in [0.25, 0.3) is 0 Å². The summed E-state index contributed by atoms with van der Waals surface area (Å²) in [6.07, 6.45) is 0. The lowest BCUT2D eigenvalue weighted by atomic mass is 10.1. The summed E-state index contributed by atoms with van der Waals surface area (Å²) in [7, 11) is 0. The van der Waals surface area contributed by atoms with E-state index >= 15 is 0 Å². The normalized spacial score (nSPS) is 10.4. The van der Waals surface area contributed by atoms with Gasteiger partial charge in [-0.1, -0.05) is 30.3 Å². The van der Waals surface area contributed by atoms with E-state index in [2.05, 4.69) is 38.5 Å². The zero-order chi connectivity index (χ0) is 15.2. The van der Waals surface area contributed by atoms with Gasteiger partial charge in [0.25, 0.3) is 5.91 Å². The van der Waals surface area contributed by atoms with Gasteiger partial charge in [0.15, 0.2) is 0 Å². The average molecular weight is 460 g/mol. The van der Waals surface area contributed by atoms with E-state index < -0.39 is 0 Å². The van der Waals surface area contributed by atoms with E-state index in [0.29, 0.717) is 18.7 Å². The molecular weight excluding hydrogens is 445 g/mol. The molecule has 0 saturated carbocycles. The molecule has 2 rings (SSSR count). The van der Waals surface area contributed by atoms with Crippen LogP contribution in [0.4, 0.5) is 0 Å². The number of hydrogen-bond donors (Lipinski definition) is 1. The van der Waals surface area contributed by atoms with Crippen LogP contribution >= 0.6 is 38.5 Å². The van der Waals surface area contributed by atoms with Crippen molar-refractivity contribution in [3.8, 4) is 0 Å². The van der Waals surface area contributed by atoms with Gasteiger partial charge in [0, 0.05) is 21.1 Å². The Morgan fingerprint density at radius 1 is 1.19 bits per heavy atom. The number of aliphatic hydroxyl groups is 1. The SMILES string of the molecule is O=C(c1cc(I)ccc1Br)N(CCO)Cc1ccccc1. The Kier molecular flexibility index (Phi) is 6.20. The fourth-order valence-corrected chi connectivity index (χ4v) is 2.92. The summed E-state index contributed by atoms with van der Waals surface area (Å²) in [4.78, 5) is 14.4. The second-order valence-corrected chi connectivity index (χ2v) is 6.66. The summed E-state index contributed by atoms with van der Waals surface area (Å²) in [6.45, 7) is 0.740. The zero-order valence-electron chi connectivity index (χ0n) is 11.3. The van der Waals surface area contributed by atoms with Crippen molar-refractivity contribution in [3.63, 3.8) is 0 Å². The maximum Gasteiger partial charge on any atom is 0.255 e. The summed E-state index contributed by atoms with van der Waals surface area (Å²) in [5.41, 5.74) is 1.66. The molecule has 0 aromatic heterocycles. The van der Waals surface area contributed by atoms with Gasteiger partial charge in [0.05, 0.1) is 12.2 Å². The minimum Gasteiger partial charge on any atom is -0.395 e. The molecule has 0 spiro atoms. The molecule has 0 bridgehead atoms. The van der Waals surface area contributed by atoms with E-state index in [-0.39, 0.29) is 12.5 Å². The minimum atomic E-state index is -0.0849. The second kappa shape index (κ2) is 7.91. The molecule has 0 saturated heterocycles. The third-order valence-electron chi connectivity index (χ3n) is 3.03. The fraction of sp³-hybridized carbons (Fsp3) is 0.188. The van der Waals surface area contributed by atoms with Crippen molar-refractivity contribution in [3.05, 3.63) is 67.7 Å². The van der Waals surface area contributed by atoms with Gasteiger partial charge in [-0.15, -0.1) is 0 Å². The van der Waals surface area contributed by atoms with Crippen molar-refractivity contribution in [1.82, 2.24) is 4.90 Å². The lowest BCUT2D eigenvalue weighted by molar-refractivity contribution is 0.0707. The molecule has 0 fully saturated rings. The molecule has 2 aromatic rings. The van der Waals surface area contributed by atoms with Crippen LogP contribution < -0.4 is 0 Å². The van der Waals surface area contributed by atoms with Crippen LogP contribution in [-0.4, -0.2) is 29.1 Å². The van der Waals surface area contributed by atoms with E-state index in [1.807, 2.05) is 48.5 Å². The first-order valence-corrected chi connectivity index (χ1v) is 8.38. The zero-order valence-corrected chi connectivity index (χ0v) is 15.0. The lowest BCUT2D eigenvalue weighted by Gasteiger charge is -2.22. The van der Waals surface area contributed by atoms with E-state index in [1.54, 1.807) is 4.90 Å². The van der Waals surface area contributed by atoms with Crippen LogP contribution in [0.1, 0.15) is 15.9 Å². The number of aliphatic hydroxyl groups excluding tert-OH is 1. The van der Waals surface area contributed by atoms with E-state index in [0.717, 1.165) is 13.6 Å². The molecule has 110 valence electrons. The second-order valence-electron chi connectivity index (χ2n) is 4.56. The average Bonchev–Trinajstić information content (AvgIpc) is 2.49. The van der Waals surface area contributed by atoms with Crippen LogP contribution in [0.2, 0.25) is 0 Å². The first kappa shape index (κ1) is 16.5. The molecule has 1 amide bonds. The molecule has 1 N–H and O–H groups in total. The number of carbonyl (C=O) groups is 1. The topological polar surface area (TPSA) is 40.5 Å². The predicted octanol–water partition coefficient (Wildman–Crippen LogP) is 3.69. The van der Waals surface area contributed by atoms with E-state index in [1.165, 1.54) is 0 Å². The Labute approximate surface area is 146 Å². The van der Waals surface area contributed by atoms with Crippen molar-refractivity contribution in [2.45, 2.75) is 6.54 Å². The highest BCUT2D eigenvalue weighted by atomic mass is 127. The Morgan fingerprint density at radius 2 is 1.90 bits per heavy atom. The van der Waals surface area contributed by atoms with E-state index in [4.69, 9.17) is 0 Å². The van der Waals surface area contributed by atoms with Crippen LogP contribution in [-0.2, 0) is 6.54 Å². The lowest BCUT2D eigenvalue weighted by Crippen LogP contribution is -2.33. The third-order valence-corrected chi connectivity index (χ3v) is 4.39. The van der Waals surface area contributed by atoms with Crippen molar-refractivity contribution in [1.29, 1.82) is 0 Å². The first-order valence-electron chi connectivity index (χ1n) is 6.51.